The minimum absolute atomic E-state index is 0.0234. The molecule has 0 aliphatic carbocycles. The molecule has 0 bridgehead atoms. The lowest BCUT2D eigenvalue weighted by molar-refractivity contribution is -0.121. The Kier molecular flexibility index (Phi) is 4.14. The van der Waals surface area contributed by atoms with E-state index in [-0.39, 0.29) is 35.8 Å². The first-order chi connectivity index (χ1) is 10.4. The van der Waals surface area contributed by atoms with Crippen molar-refractivity contribution in [3.8, 4) is 0 Å². The van der Waals surface area contributed by atoms with Crippen molar-refractivity contribution in [2.75, 3.05) is 22.6 Å². The smallest absolute Gasteiger partial charge is 0.234 e. The summed E-state index contributed by atoms with van der Waals surface area (Å²) in [6.07, 6.45) is 0.648. The second-order valence-electron chi connectivity index (χ2n) is 5.51. The van der Waals surface area contributed by atoms with Crippen LogP contribution in [-0.4, -0.2) is 43.5 Å². The van der Waals surface area contributed by atoms with Crippen LogP contribution in [0.1, 0.15) is 12.0 Å². The molecule has 1 atom stereocenters. The van der Waals surface area contributed by atoms with E-state index in [1.807, 2.05) is 12.1 Å². The molecule has 0 saturated carbocycles. The van der Waals surface area contributed by atoms with Gasteiger partial charge in [-0.15, -0.1) is 11.8 Å². The number of nitrogens with one attached hydrogen (secondary N) is 2. The number of rotatable bonds is 3. The zero-order valence-corrected chi connectivity index (χ0v) is 13.4. The van der Waals surface area contributed by atoms with Crippen LogP contribution in [0.25, 0.3) is 0 Å². The van der Waals surface area contributed by atoms with E-state index in [0.717, 1.165) is 16.1 Å². The van der Waals surface area contributed by atoms with Gasteiger partial charge in [-0.2, -0.15) is 0 Å². The summed E-state index contributed by atoms with van der Waals surface area (Å²) in [7, 11) is -3.00. The standard InChI is InChI=1S/C14H16N2O4S2/c17-13(15-10-3-4-22(19,20)8-10)6-9-1-2-12-11(5-9)16-14(18)7-21-12/h1-2,5,10H,3-4,6-8H2,(H,15,17)(H,16,18). The number of amides is 2. The predicted molar refractivity (Wildman–Crippen MR) is 84.7 cm³/mol. The van der Waals surface area contributed by atoms with Gasteiger partial charge < -0.3 is 10.6 Å². The Bertz CT molecular complexity index is 730. The number of hydrogen-bond acceptors (Lipinski definition) is 5. The molecule has 2 heterocycles. The van der Waals surface area contributed by atoms with E-state index in [2.05, 4.69) is 10.6 Å². The largest absolute Gasteiger partial charge is 0.352 e. The number of carbonyl (C=O) groups excluding carboxylic acids is 2. The number of benzene rings is 1. The molecule has 2 amide bonds. The Balaban J connectivity index is 1.62. The summed E-state index contributed by atoms with van der Waals surface area (Å²) in [5.74, 6) is 0.325. The molecule has 1 unspecified atom stereocenters. The summed E-state index contributed by atoms with van der Waals surface area (Å²) < 4.78 is 22.8. The number of carbonyl (C=O) groups is 2. The van der Waals surface area contributed by atoms with E-state index in [1.54, 1.807) is 6.07 Å². The first kappa shape index (κ1) is 15.4. The van der Waals surface area contributed by atoms with Crippen LogP contribution in [0.15, 0.2) is 23.1 Å². The van der Waals surface area contributed by atoms with Crippen molar-refractivity contribution >= 4 is 39.1 Å². The molecule has 1 aromatic rings. The highest BCUT2D eigenvalue weighted by atomic mass is 32.2. The average molecular weight is 340 g/mol. The maximum Gasteiger partial charge on any atom is 0.234 e. The van der Waals surface area contributed by atoms with Gasteiger partial charge >= 0.3 is 0 Å². The Hall–Kier alpha value is -1.54. The first-order valence-electron chi connectivity index (χ1n) is 6.97. The number of thioether (sulfide) groups is 1. The van der Waals surface area contributed by atoms with Crippen LogP contribution < -0.4 is 10.6 Å². The zero-order valence-electron chi connectivity index (χ0n) is 11.8. The maximum atomic E-state index is 12.0. The summed E-state index contributed by atoms with van der Waals surface area (Å²) in [6, 6.07) is 5.26. The molecule has 1 saturated heterocycles. The van der Waals surface area contributed by atoms with Crippen LogP contribution in [0.2, 0.25) is 0 Å². The molecule has 118 valence electrons. The van der Waals surface area contributed by atoms with Crippen molar-refractivity contribution in [2.24, 2.45) is 0 Å². The molecule has 1 fully saturated rings. The lowest BCUT2D eigenvalue weighted by Gasteiger charge is -2.17. The minimum Gasteiger partial charge on any atom is -0.352 e. The van der Waals surface area contributed by atoms with E-state index < -0.39 is 9.84 Å². The van der Waals surface area contributed by atoms with Gasteiger partial charge in [-0.3, -0.25) is 9.59 Å². The van der Waals surface area contributed by atoms with E-state index in [4.69, 9.17) is 0 Å². The molecule has 2 N–H and O–H groups in total. The number of hydrogen-bond donors (Lipinski definition) is 2. The highest BCUT2D eigenvalue weighted by molar-refractivity contribution is 8.00. The SMILES string of the molecule is O=C1CSc2ccc(CC(=O)NC3CCS(=O)(=O)C3)cc2N1. The third-order valence-electron chi connectivity index (χ3n) is 3.64. The van der Waals surface area contributed by atoms with Crippen LogP contribution in [0.4, 0.5) is 5.69 Å². The second kappa shape index (κ2) is 5.92. The van der Waals surface area contributed by atoms with Crippen LogP contribution in [-0.2, 0) is 25.8 Å². The van der Waals surface area contributed by atoms with Crippen molar-refractivity contribution in [3.63, 3.8) is 0 Å². The molecule has 6 nitrogen and oxygen atoms in total. The second-order valence-corrected chi connectivity index (χ2v) is 8.76. The Labute approximate surface area is 133 Å². The average Bonchev–Trinajstić information content (AvgIpc) is 2.77. The molecule has 2 aliphatic heterocycles. The fraction of sp³-hybridized carbons (Fsp3) is 0.429. The van der Waals surface area contributed by atoms with E-state index in [9.17, 15) is 18.0 Å². The fourth-order valence-corrected chi connectivity index (χ4v) is 5.08. The lowest BCUT2D eigenvalue weighted by atomic mass is 10.1. The third-order valence-corrected chi connectivity index (χ3v) is 6.48. The van der Waals surface area contributed by atoms with Crippen molar-refractivity contribution in [3.05, 3.63) is 23.8 Å². The fourth-order valence-electron chi connectivity index (χ4n) is 2.61. The first-order valence-corrected chi connectivity index (χ1v) is 9.77. The topological polar surface area (TPSA) is 92.3 Å². The molecular weight excluding hydrogens is 324 g/mol. The molecule has 0 spiro atoms. The van der Waals surface area contributed by atoms with Gasteiger partial charge in [0.2, 0.25) is 11.8 Å². The van der Waals surface area contributed by atoms with Gasteiger partial charge in [0, 0.05) is 10.9 Å². The van der Waals surface area contributed by atoms with Gasteiger partial charge in [0.05, 0.1) is 29.4 Å². The maximum absolute atomic E-state index is 12.0. The quantitative estimate of drug-likeness (QED) is 0.839. The van der Waals surface area contributed by atoms with Gasteiger partial charge in [-0.1, -0.05) is 6.07 Å². The zero-order chi connectivity index (χ0) is 15.7. The molecule has 0 aromatic heterocycles. The summed E-state index contributed by atoms with van der Waals surface area (Å²) in [6.45, 7) is 0. The van der Waals surface area contributed by atoms with Gasteiger partial charge in [0.1, 0.15) is 0 Å². The van der Waals surface area contributed by atoms with Crippen LogP contribution in [0.3, 0.4) is 0 Å². The van der Waals surface area contributed by atoms with Gasteiger partial charge in [0.25, 0.3) is 0 Å². The molecular formula is C14H16N2O4S2. The van der Waals surface area contributed by atoms with Crippen LogP contribution >= 0.6 is 11.8 Å². The van der Waals surface area contributed by atoms with E-state index >= 15 is 0 Å². The summed E-state index contributed by atoms with van der Waals surface area (Å²) in [5, 5.41) is 5.55. The normalized spacial score (nSPS) is 22.7. The number of fused-ring (bicyclic) bond motifs is 1. The van der Waals surface area contributed by atoms with Crippen molar-refractivity contribution < 1.29 is 18.0 Å². The van der Waals surface area contributed by atoms with Crippen LogP contribution in [0, 0.1) is 0 Å². The van der Waals surface area contributed by atoms with E-state index in [0.29, 0.717) is 12.2 Å². The minimum atomic E-state index is -3.00. The Morgan fingerprint density at radius 1 is 1.41 bits per heavy atom. The molecule has 3 rings (SSSR count). The molecule has 1 aromatic carbocycles. The van der Waals surface area contributed by atoms with Crippen molar-refractivity contribution in [2.45, 2.75) is 23.8 Å². The Morgan fingerprint density at radius 2 is 2.23 bits per heavy atom. The highest BCUT2D eigenvalue weighted by Crippen LogP contribution is 2.32. The van der Waals surface area contributed by atoms with Gasteiger partial charge in [-0.05, 0) is 24.1 Å². The molecule has 22 heavy (non-hydrogen) atoms. The number of anilines is 1. The van der Waals surface area contributed by atoms with Gasteiger partial charge in [-0.25, -0.2) is 8.42 Å². The van der Waals surface area contributed by atoms with E-state index in [1.165, 1.54) is 11.8 Å². The lowest BCUT2D eigenvalue weighted by Crippen LogP contribution is -2.36. The Morgan fingerprint density at radius 3 is 2.95 bits per heavy atom. The van der Waals surface area contributed by atoms with Gasteiger partial charge in [0.15, 0.2) is 9.84 Å². The van der Waals surface area contributed by atoms with Crippen molar-refractivity contribution in [1.82, 2.24) is 5.32 Å². The summed E-state index contributed by atoms with van der Waals surface area (Å²) >= 11 is 1.47. The summed E-state index contributed by atoms with van der Waals surface area (Å²) in [4.78, 5) is 24.4. The number of sulfone groups is 1. The molecule has 2 aliphatic rings. The third kappa shape index (κ3) is 3.61. The predicted octanol–water partition coefficient (Wildman–Crippen LogP) is 0.577. The van der Waals surface area contributed by atoms with Crippen LogP contribution in [0.5, 0.6) is 0 Å². The molecule has 8 heteroatoms. The molecule has 0 radical (unpaired) electrons. The van der Waals surface area contributed by atoms with Crippen molar-refractivity contribution in [1.29, 1.82) is 0 Å². The monoisotopic (exact) mass is 340 g/mol. The highest BCUT2D eigenvalue weighted by Gasteiger charge is 2.28. The summed E-state index contributed by atoms with van der Waals surface area (Å²) in [5.41, 5.74) is 1.52.